The van der Waals surface area contributed by atoms with Crippen LogP contribution < -0.4 is 4.74 Å². The van der Waals surface area contributed by atoms with Crippen LogP contribution >= 0.6 is 0 Å². The molecule has 3 rings (SSSR count). The van der Waals surface area contributed by atoms with Crippen LogP contribution in [0.15, 0.2) is 41.5 Å². The van der Waals surface area contributed by atoms with Crippen molar-refractivity contribution < 1.29 is 33.3 Å². The molecule has 0 radical (unpaired) electrons. The number of esters is 1. The van der Waals surface area contributed by atoms with Crippen LogP contribution in [0.25, 0.3) is 10.4 Å². The Hall–Kier alpha value is -2.91. The summed E-state index contributed by atoms with van der Waals surface area (Å²) in [6.07, 6.45) is 5.81. The Kier molecular flexibility index (Phi) is 11.4. The van der Waals surface area contributed by atoms with E-state index in [1.54, 1.807) is 7.11 Å². The van der Waals surface area contributed by atoms with E-state index in [0.717, 1.165) is 11.3 Å². The Labute approximate surface area is 243 Å². The normalized spacial score (nSPS) is 26.5. The van der Waals surface area contributed by atoms with Crippen molar-refractivity contribution in [2.75, 3.05) is 26.9 Å². The van der Waals surface area contributed by atoms with E-state index in [0.29, 0.717) is 51.9 Å². The number of carbonyl (C=O) groups is 2. The van der Waals surface area contributed by atoms with E-state index in [1.165, 1.54) is 6.92 Å². The number of nitrogens with zero attached hydrogens (tertiary/aromatic N) is 3. The van der Waals surface area contributed by atoms with Crippen molar-refractivity contribution in [3.8, 4) is 5.75 Å². The van der Waals surface area contributed by atoms with Crippen LogP contribution in [0.5, 0.6) is 5.75 Å². The average Bonchev–Trinajstić information content (AvgIpc) is 3.32. The van der Waals surface area contributed by atoms with Gasteiger partial charge in [-0.15, -0.1) is 0 Å². The van der Waals surface area contributed by atoms with Crippen molar-refractivity contribution in [3.05, 3.63) is 52.4 Å². The second-order valence-electron chi connectivity index (χ2n) is 11.9. The zero-order valence-electron chi connectivity index (χ0n) is 25.3. The fraction of sp³-hybridized carbons (Fsp3) is 0.677. The Morgan fingerprint density at radius 1 is 1.15 bits per heavy atom. The molecule has 1 aliphatic heterocycles. The molecular formula is C31H45N3O7. The summed E-state index contributed by atoms with van der Waals surface area (Å²) >= 11 is 0. The molecule has 1 aromatic carbocycles. The molecule has 1 aliphatic carbocycles. The van der Waals surface area contributed by atoms with Crippen LogP contribution in [0, 0.1) is 17.3 Å². The van der Waals surface area contributed by atoms with Gasteiger partial charge >= 0.3 is 5.97 Å². The maximum Gasteiger partial charge on any atom is 0.303 e. The number of benzene rings is 1. The highest BCUT2D eigenvalue weighted by molar-refractivity contribution is 5.87. The van der Waals surface area contributed by atoms with Crippen molar-refractivity contribution in [2.24, 2.45) is 22.4 Å². The average molecular weight is 572 g/mol. The van der Waals surface area contributed by atoms with Crippen LogP contribution in [0.2, 0.25) is 0 Å². The summed E-state index contributed by atoms with van der Waals surface area (Å²) in [5, 5.41) is 3.75. The Morgan fingerprint density at radius 2 is 1.88 bits per heavy atom. The number of azide groups is 1. The molecule has 1 saturated heterocycles. The highest BCUT2D eigenvalue weighted by Gasteiger charge is 2.52. The van der Waals surface area contributed by atoms with Crippen LogP contribution in [0.3, 0.4) is 0 Å². The number of allylic oxidation sites excluding steroid dienone is 1. The minimum atomic E-state index is -1.01. The van der Waals surface area contributed by atoms with Crippen molar-refractivity contribution in [1.29, 1.82) is 0 Å². The van der Waals surface area contributed by atoms with Crippen LogP contribution in [-0.4, -0.2) is 56.1 Å². The molecule has 41 heavy (non-hydrogen) atoms. The first-order chi connectivity index (χ1) is 19.4. The molecule has 10 nitrogen and oxygen atoms in total. The first kappa shape index (κ1) is 32.6. The largest absolute Gasteiger partial charge is 0.497 e. The summed E-state index contributed by atoms with van der Waals surface area (Å²) in [5.74, 6) is -0.0535. The van der Waals surface area contributed by atoms with Gasteiger partial charge in [0.1, 0.15) is 17.6 Å². The summed E-state index contributed by atoms with van der Waals surface area (Å²) in [7, 11) is 1.63. The lowest BCUT2D eigenvalue weighted by molar-refractivity contribution is -0.185. The number of ketones is 1. The third-order valence-corrected chi connectivity index (χ3v) is 8.30. The monoisotopic (exact) mass is 571 g/mol. The zero-order chi connectivity index (χ0) is 30.1. The number of ether oxygens (including phenoxy) is 5. The maximum absolute atomic E-state index is 13.9. The second kappa shape index (κ2) is 14.3. The highest BCUT2D eigenvalue weighted by atomic mass is 16.8. The number of hydrogen-bond donors (Lipinski definition) is 0. The summed E-state index contributed by atoms with van der Waals surface area (Å²) < 4.78 is 28.8. The molecule has 10 heteroatoms. The summed E-state index contributed by atoms with van der Waals surface area (Å²) in [4.78, 5) is 28.9. The van der Waals surface area contributed by atoms with Gasteiger partial charge in [-0.2, -0.15) is 0 Å². The van der Waals surface area contributed by atoms with Gasteiger partial charge in [0.25, 0.3) is 0 Å². The second-order valence-corrected chi connectivity index (χ2v) is 11.9. The van der Waals surface area contributed by atoms with Crippen molar-refractivity contribution in [3.63, 3.8) is 0 Å². The number of Topliss-reactive ketones (excluding diaryl/α,β-unsaturated/α-hetero) is 1. The molecule has 0 aromatic heterocycles. The van der Waals surface area contributed by atoms with Crippen LogP contribution in [0.4, 0.5) is 0 Å². The Morgan fingerprint density at radius 3 is 2.44 bits per heavy atom. The topological polar surface area (TPSA) is 129 Å². The molecule has 0 saturated carbocycles. The predicted octanol–water partition coefficient (Wildman–Crippen LogP) is 6.32. The molecule has 1 aromatic rings. The third kappa shape index (κ3) is 8.79. The van der Waals surface area contributed by atoms with E-state index < -0.39 is 28.9 Å². The fourth-order valence-electron chi connectivity index (χ4n) is 5.63. The number of rotatable bonds is 15. The van der Waals surface area contributed by atoms with Gasteiger partial charge in [0.2, 0.25) is 0 Å². The Bertz CT molecular complexity index is 1120. The molecule has 0 N–H and O–H groups in total. The molecule has 1 heterocycles. The molecule has 0 spiro atoms. The van der Waals surface area contributed by atoms with Crippen LogP contribution in [-0.2, 0) is 35.1 Å². The molecule has 5 atom stereocenters. The van der Waals surface area contributed by atoms with Gasteiger partial charge in [-0.05, 0) is 80.7 Å². The summed E-state index contributed by atoms with van der Waals surface area (Å²) in [6, 6.07) is 7.71. The maximum atomic E-state index is 13.9. The Balaban J connectivity index is 1.73. The smallest absolute Gasteiger partial charge is 0.303 e. The van der Waals surface area contributed by atoms with E-state index in [1.807, 2.05) is 57.2 Å². The number of carbonyl (C=O) groups excluding carboxylic acids is 2. The molecule has 226 valence electrons. The first-order valence-electron chi connectivity index (χ1n) is 14.4. The third-order valence-electron chi connectivity index (χ3n) is 8.30. The first-order valence-corrected chi connectivity index (χ1v) is 14.4. The minimum absolute atomic E-state index is 0.101. The SMILES string of the molecule is COc1ccc(COCCCC(=O)[C@]2(C[C@H](C)[C@@H](C)CN=[N+]=[N-])C=C[C@@](OC(C)=O)([C@@H]3COC(C)(C)O3)CC2)cc1. The van der Waals surface area contributed by atoms with E-state index in [4.69, 9.17) is 29.2 Å². The lowest BCUT2D eigenvalue weighted by Crippen LogP contribution is -2.51. The molecule has 0 unspecified atom stereocenters. The molecule has 0 bridgehead atoms. The van der Waals surface area contributed by atoms with Gasteiger partial charge in [-0.25, -0.2) is 0 Å². The van der Waals surface area contributed by atoms with Gasteiger partial charge in [0.15, 0.2) is 11.4 Å². The fourth-order valence-corrected chi connectivity index (χ4v) is 5.63. The summed E-state index contributed by atoms with van der Waals surface area (Å²) in [6.45, 7) is 10.7. The van der Waals surface area contributed by atoms with E-state index in [9.17, 15) is 9.59 Å². The highest BCUT2D eigenvalue weighted by Crippen LogP contribution is 2.47. The summed E-state index contributed by atoms with van der Waals surface area (Å²) in [5.41, 5.74) is 8.07. The van der Waals surface area contributed by atoms with Gasteiger partial charge in [0.05, 0.1) is 20.3 Å². The van der Waals surface area contributed by atoms with Gasteiger partial charge in [0, 0.05) is 36.8 Å². The standard InChI is InChI=1S/C31H45N3O7/c1-22(23(2)19-33-34-32)18-30(27(36)8-7-17-38-20-25-9-11-26(37-6)12-10-25)13-15-31(16-14-30,40-24(3)35)28-21-39-29(4,5)41-28/h9-13,15,22-23,28H,7-8,14,16-21H2,1-6H3/t22-,23-,28-,30+,31-/m0/s1. The molecule has 0 amide bonds. The van der Waals surface area contributed by atoms with Crippen molar-refractivity contribution >= 4 is 11.8 Å². The van der Waals surface area contributed by atoms with Crippen molar-refractivity contribution in [1.82, 2.24) is 0 Å². The molecule has 1 fully saturated rings. The molecular weight excluding hydrogens is 526 g/mol. The number of hydrogen-bond acceptors (Lipinski definition) is 8. The van der Waals surface area contributed by atoms with E-state index in [2.05, 4.69) is 16.9 Å². The zero-order valence-corrected chi connectivity index (χ0v) is 25.3. The van der Waals surface area contributed by atoms with Crippen LogP contribution in [0.1, 0.15) is 72.3 Å². The van der Waals surface area contributed by atoms with Gasteiger partial charge in [-0.1, -0.05) is 37.2 Å². The number of methoxy groups -OCH3 is 1. The predicted molar refractivity (Wildman–Crippen MR) is 154 cm³/mol. The minimum Gasteiger partial charge on any atom is -0.497 e. The quantitative estimate of drug-likeness (QED) is 0.0601. The molecule has 2 aliphatic rings. The van der Waals surface area contributed by atoms with Gasteiger partial charge in [-0.3, -0.25) is 9.59 Å². The lowest BCUT2D eigenvalue weighted by Gasteiger charge is -2.44. The van der Waals surface area contributed by atoms with E-state index in [-0.39, 0.29) is 24.2 Å². The van der Waals surface area contributed by atoms with Gasteiger partial charge < -0.3 is 23.7 Å². The lowest BCUT2D eigenvalue weighted by atomic mass is 9.64. The van der Waals surface area contributed by atoms with Crippen molar-refractivity contribution in [2.45, 2.75) is 90.8 Å². The van der Waals surface area contributed by atoms with E-state index >= 15 is 0 Å².